The summed E-state index contributed by atoms with van der Waals surface area (Å²) in [7, 11) is 0. The Balaban J connectivity index is 1.93. The van der Waals surface area contributed by atoms with Crippen molar-refractivity contribution < 1.29 is 13.6 Å². The van der Waals surface area contributed by atoms with E-state index >= 15 is 0 Å². The average molecular weight is 414 g/mol. The number of ketones is 1. The van der Waals surface area contributed by atoms with Crippen LogP contribution in [0.1, 0.15) is 6.92 Å². The molecule has 1 heterocycles. The SMILES string of the molecule is C/C(N)=C(\C#N)C(=O)CSc1nnc(Nc2ccc(SC(F)F)cc2)s1. The van der Waals surface area contributed by atoms with E-state index in [9.17, 15) is 13.6 Å². The van der Waals surface area contributed by atoms with Crippen molar-refractivity contribution in [2.75, 3.05) is 11.1 Å². The zero-order chi connectivity index (χ0) is 19.1. The Labute approximate surface area is 160 Å². The van der Waals surface area contributed by atoms with Crippen LogP contribution in [-0.4, -0.2) is 27.5 Å². The molecule has 0 amide bonds. The number of nitrogens with two attached hydrogens (primary N) is 1. The number of nitrogens with zero attached hydrogens (tertiary/aromatic N) is 3. The van der Waals surface area contributed by atoms with Gasteiger partial charge in [0.2, 0.25) is 5.13 Å². The number of Topliss-reactive ketones (excluding diaryl/α,β-unsaturated/α-hetero) is 1. The number of halogens is 2. The number of rotatable bonds is 8. The largest absolute Gasteiger partial charge is 0.401 e. The molecule has 6 nitrogen and oxygen atoms in total. The maximum Gasteiger partial charge on any atom is 0.288 e. The second-order valence-electron chi connectivity index (χ2n) is 4.78. The highest BCUT2D eigenvalue weighted by molar-refractivity contribution is 8.01. The molecule has 0 saturated carbocycles. The number of nitrogens with one attached hydrogen (secondary N) is 1. The Morgan fingerprint density at radius 2 is 2.08 bits per heavy atom. The minimum absolute atomic E-state index is 0.0333. The van der Waals surface area contributed by atoms with Gasteiger partial charge in [0, 0.05) is 16.3 Å². The van der Waals surface area contributed by atoms with Crippen LogP contribution in [0.5, 0.6) is 0 Å². The summed E-state index contributed by atoms with van der Waals surface area (Å²) in [5.41, 5.74) is 6.31. The van der Waals surface area contributed by atoms with E-state index in [1.807, 2.05) is 0 Å². The standard InChI is InChI=1S/C15H13F2N5OS3/c1-8(19)11(6-18)12(23)7-24-15-22-21-14(26-15)20-9-2-4-10(5-3-9)25-13(16)17/h2-5,13H,7,19H2,1H3,(H,20,21)/b11-8-. The quantitative estimate of drug-likeness (QED) is 0.380. The van der Waals surface area contributed by atoms with E-state index < -0.39 is 5.76 Å². The molecule has 3 N–H and O–H groups in total. The molecule has 2 rings (SSSR count). The van der Waals surface area contributed by atoms with Crippen LogP contribution in [0.15, 0.2) is 44.8 Å². The topological polar surface area (TPSA) is 105 Å². The summed E-state index contributed by atoms with van der Waals surface area (Å²) >= 11 is 2.87. The lowest BCUT2D eigenvalue weighted by atomic mass is 10.2. The Bertz CT molecular complexity index is 842. The number of nitriles is 1. The summed E-state index contributed by atoms with van der Waals surface area (Å²) < 4.78 is 25.1. The minimum atomic E-state index is -2.46. The number of benzene rings is 1. The highest BCUT2D eigenvalue weighted by Gasteiger charge is 2.14. The Kier molecular flexibility index (Phi) is 7.38. The first-order valence-electron chi connectivity index (χ1n) is 7.07. The molecule has 2 aromatic rings. The summed E-state index contributed by atoms with van der Waals surface area (Å²) in [4.78, 5) is 12.4. The summed E-state index contributed by atoms with van der Waals surface area (Å²) in [6.45, 7) is 1.50. The summed E-state index contributed by atoms with van der Waals surface area (Å²) in [5.74, 6) is -2.79. The van der Waals surface area contributed by atoms with Crippen LogP contribution < -0.4 is 11.1 Å². The van der Waals surface area contributed by atoms with Crippen LogP contribution in [0.3, 0.4) is 0 Å². The maximum absolute atomic E-state index is 12.3. The fourth-order valence-corrected chi connectivity index (χ4v) is 3.87. The van der Waals surface area contributed by atoms with E-state index in [-0.39, 0.29) is 22.8 Å². The van der Waals surface area contributed by atoms with Gasteiger partial charge in [0.05, 0.1) is 5.75 Å². The number of carbonyl (C=O) groups is 1. The molecule has 0 fully saturated rings. The van der Waals surface area contributed by atoms with Crippen molar-refractivity contribution in [3.8, 4) is 6.07 Å². The average Bonchev–Trinajstić information content (AvgIpc) is 3.02. The number of carbonyl (C=O) groups excluding carboxylic acids is 1. The molecule has 1 aromatic heterocycles. The van der Waals surface area contributed by atoms with Gasteiger partial charge in [-0.1, -0.05) is 34.9 Å². The molecule has 136 valence electrons. The van der Waals surface area contributed by atoms with Crippen molar-refractivity contribution in [2.45, 2.75) is 21.9 Å². The van der Waals surface area contributed by atoms with Gasteiger partial charge in [-0.2, -0.15) is 14.0 Å². The molecular weight excluding hydrogens is 400 g/mol. The Morgan fingerprint density at radius 1 is 1.38 bits per heavy atom. The van der Waals surface area contributed by atoms with Gasteiger partial charge in [0.1, 0.15) is 11.6 Å². The fraction of sp³-hybridized carbons (Fsp3) is 0.200. The molecule has 1 aromatic carbocycles. The maximum atomic E-state index is 12.3. The van der Waals surface area contributed by atoms with Crippen molar-refractivity contribution in [1.29, 1.82) is 5.26 Å². The first kappa shape index (κ1) is 20.2. The van der Waals surface area contributed by atoms with E-state index in [0.29, 0.717) is 31.8 Å². The van der Waals surface area contributed by atoms with Gasteiger partial charge in [-0.3, -0.25) is 4.79 Å². The minimum Gasteiger partial charge on any atom is -0.401 e. The van der Waals surface area contributed by atoms with Gasteiger partial charge in [-0.05, 0) is 31.2 Å². The number of hydrogen-bond acceptors (Lipinski definition) is 9. The highest BCUT2D eigenvalue weighted by atomic mass is 32.2. The molecule has 11 heteroatoms. The molecule has 0 aliphatic carbocycles. The van der Waals surface area contributed by atoms with E-state index in [4.69, 9.17) is 11.0 Å². The van der Waals surface area contributed by atoms with Crippen LogP contribution in [0.4, 0.5) is 19.6 Å². The van der Waals surface area contributed by atoms with Gasteiger partial charge in [-0.25, -0.2) is 0 Å². The fourth-order valence-electron chi connectivity index (χ4n) is 1.73. The van der Waals surface area contributed by atoms with Crippen LogP contribution in [0, 0.1) is 11.3 Å². The molecule has 0 bridgehead atoms. The van der Waals surface area contributed by atoms with Crippen molar-refractivity contribution in [1.82, 2.24) is 10.2 Å². The van der Waals surface area contributed by atoms with E-state index in [1.165, 1.54) is 18.3 Å². The van der Waals surface area contributed by atoms with Crippen molar-refractivity contribution >= 4 is 51.5 Å². The van der Waals surface area contributed by atoms with Gasteiger partial charge in [0.25, 0.3) is 5.76 Å². The van der Waals surface area contributed by atoms with Crippen molar-refractivity contribution in [3.63, 3.8) is 0 Å². The Morgan fingerprint density at radius 3 is 2.65 bits per heavy atom. The molecule has 0 aliphatic heterocycles. The number of hydrogen-bond donors (Lipinski definition) is 2. The summed E-state index contributed by atoms with van der Waals surface area (Å²) in [6.07, 6.45) is 0. The zero-order valence-corrected chi connectivity index (χ0v) is 15.9. The molecule has 0 radical (unpaired) electrons. The Hall–Kier alpha value is -2.16. The molecule has 0 unspecified atom stereocenters. The number of alkyl halides is 2. The number of anilines is 2. The normalized spacial score (nSPS) is 11.8. The van der Waals surface area contributed by atoms with Crippen LogP contribution in [0.25, 0.3) is 0 Å². The lowest BCUT2D eigenvalue weighted by Crippen LogP contribution is -2.10. The number of thioether (sulfide) groups is 2. The van der Waals surface area contributed by atoms with Gasteiger partial charge in [-0.15, -0.1) is 10.2 Å². The van der Waals surface area contributed by atoms with Crippen molar-refractivity contribution in [2.24, 2.45) is 5.73 Å². The lowest BCUT2D eigenvalue weighted by Gasteiger charge is -2.03. The number of aromatic nitrogens is 2. The number of allylic oxidation sites excluding steroid dienone is 2. The van der Waals surface area contributed by atoms with Crippen LogP contribution >= 0.6 is 34.9 Å². The third-order valence-electron chi connectivity index (χ3n) is 2.85. The zero-order valence-electron chi connectivity index (χ0n) is 13.4. The van der Waals surface area contributed by atoms with Crippen LogP contribution in [-0.2, 0) is 4.79 Å². The molecule has 26 heavy (non-hydrogen) atoms. The smallest absolute Gasteiger partial charge is 0.288 e. The monoisotopic (exact) mass is 413 g/mol. The third kappa shape index (κ3) is 5.98. The van der Waals surface area contributed by atoms with E-state index in [1.54, 1.807) is 30.3 Å². The van der Waals surface area contributed by atoms with E-state index in [0.717, 1.165) is 11.8 Å². The molecule has 0 aliphatic rings. The van der Waals surface area contributed by atoms with Crippen LogP contribution in [0.2, 0.25) is 0 Å². The summed E-state index contributed by atoms with van der Waals surface area (Å²) in [6, 6.07) is 8.28. The predicted octanol–water partition coefficient (Wildman–Crippen LogP) is 4.01. The molecule has 0 atom stereocenters. The third-order valence-corrected chi connectivity index (χ3v) is 5.54. The molecule has 0 saturated heterocycles. The predicted molar refractivity (Wildman–Crippen MR) is 99.7 cm³/mol. The highest BCUT2D eigenvalue weighted by Crippen LogP contribution is 2.30. The van der Waals surface area contributed by atoms with Gasteiger partial charge < -0.3 is 11.1 Å². The lowest BCUT2D eigenvalue weighted by molar-refractivity contribution is -0.112. The van der Waals surface area contributed by atoms with Crippen molar-refractivity contribution in [3.05, 3.63) is 35.5 Å². The first-order chi connectivity index (χ1) is 12.4. The van der Waals surface area contributed by atoms with E-state index in [2.05, 4.69) is 15.5 Å². The summed E-state index contributed by atoms with van der Waals surface area (Å²) in [5, 5.41) is 20.3. The van der Waals surface area contributed by atoms with Gasteiger partial charge >= 0.3 is 0 Å². The molecular formula is C15H13F2N5OS3. The van der Waals surface area contributed by atoms with Gasteiger partial charge in [0.15, 0.2) is 10.1 Å². The first-order valence-corrected chi connectivity index (χ1v) is 9.75. The molecule has 0 spiro atoms. The second kappa shape index (κ2) is 9.51. The second-order valence-corrected chi connectivity index (χ2v) is 8.05.